The number of ether oxygens (including phenoxy) is 1. The zero-order chi connectivity index (χ0) is 14.7. The number of fused-ring (bicyclic) bond motifs is 1. The molecule has 2 aromatic heterocycles. The van der Waals surface area contributed by atoms with Crippen molar-refractivity contribution in [1.29, 1.82) is 0 Å². The van der Waals surface area contributed by atoms with Crippen LogP contribution in [-0.2, 0) is 22.6 Å². The highest BCUT2D eigenvalue weighted by molar-refractivity contribution is 5.72. The minimum Gasteiger partial charge on any atom is -0.459 e. The van der Waals surface area contributed by atoms with Crippen molar-refractivity contribution in [3.05, 3.63) is 66.1 Å². The fourth-order valence-electron chi connectivity index (χ4n) is 2.06. The zero-order valence-corrected chi connectivity index (χ0v) is 11.4. The largest absolute Gasteiger partial charge is 0.459 e. The Balaban J connectivity index is 1.59. The fraction of sp³-hybridized carbons (Fsp3) is 0.125. The molecule has 0 unspecified atom stereocenters. The molecule has 2 N–H and O–H groups in total. The van der Waals surface area contributed by atoms with Crippen molar-refractivity contribution in [2.75, 3.05) is 5.73 Å². The Labute approximate surface area is 122 Å². The number of hydrogen-bond donors (Lipinski definition) is 1. The number of anilines is 1. The number of aromatic nitrogens is 2. The third-order valence-corrected chi connectivity index (χ3v) is 3.12. The molecule has 0 bridgehead atoms. The molecule has 5 heteroatoms. The Kier molecular flexibility index (Phi) is 3.55. The summed E-state index contributed by atoms with van der Waals surface area (Å²) in [5.41, 5.74) is 8.72. The van der Waals surface area contributed by atoms with Gasteiger partial charge in [-0.1, -0.05) is 18.2 Å². The van der Waals surface area contributed by atoms with Crippen LogP contribution in [0.15, 0.2) is 54.9 Å². The van der Waals surface area contributed by atoms with Crippen LogP contribution in [-0.4, -0.2) is 15.4 Å². The van der Waals surface area contributed by atoms with Gasteiger partial charge in [-0.05, 0) is 29.8 Å². The molecule has 0 radical (unpaired) electrons. The highest BCUT2D eigenvalue weighted by Gasteiger charge is 2.07. The van der Waals surface area contributed by atoms with Gasteiger partial charge in [-0.3, -0.25) is 4.79 Å². The van der Waals surface area contributed by atoms with E-state index >= 15 is 0 Å². The number of nitrogens with zero attached hydrogens (tertiary/aromatic N) is 2. The number of pyridine rings is 1. The second kappa shape index (κ2) is 5.66. The van der Waals surface area contributed by atoms with Crippen LogP contribution in [0.3, 0.4) is 0 Å². The van der Waals surface area contributed by atoms with Gasteiger partial charge in [-0.2, -0.15) is 0 Å². The summed E-state index contributed by atoms with van der Waals surface area (Å²) in [5.74, 6) is -0.281. The smallest absolute Gasteiger partial charge is 0.310 e. The van der Waals surface area contributed by atoms with Gasteiger partial charge in [0.1, 0.15) is 12.3 Å². The number of carbonyl (C=O) groups is 1. The minimum atomic E-state index is -0.281. The normalized spacial score (nSPS) is 10.7. The molecular formula is C16H15N3O2. The third-order valence-electron chi connectivity index (χ3n) is 3.12. The van der Waals surface area contributed by atoms with Crippen LogP contribution >= 0.6 is 0 Å². The quantitative estimate of drug-likeness (QED) is 0.588. The Morgan fingerprint density at radius 2 is 2.00 bits per heavy atom. The van der Waals surface area contributed by atoms with Crippen LogP contribution in [0.2, 0.25) is 0 Å². The van der Waals surface area contributed by atoms with Crippen LogP contribution in [0.25, 0.3) is 5.65 Å². The van der Waals surface area contributed by atoms with Gasteiger partial charge in [-0.25, -0.2) is 4.98 Å². The number of imidazole rings is 1. The van der Waals surface area contributed by atoms with Crippen molar-refractivity contribution in [2.45, 2.75) is 13.0 Å². The van der Waals surface area contributed by atoms with E-state index in [1.807, 2.05) is 47.1 Å². The van der Waals surface area contributed by atoms with E-state index in [-0.39, 0.29) is 19.0 Å². The summed E-state index contributed by atoms with van der Waals surface area (Å²) < 4.78 is 7.14. The number of hydrogen-bond acceptors (Lipinski definition) is 4. The van der Waals surface area contributed by atoms with Crippen molar-refractivity contribution >= 4 is 17.3 Å². The van der Waals surface area contributed by atoms with Gasteiger partial charge in [-0.15, -0.1) is 0 Å². The second-order valence-electron chi connectivity index (χ2n) is 4.78. The summed E-state index contributed by atoms with van der Waals surface area (Å²) in [6, 6.07) is 12.9. The molecule has 0 spiro atoms. The monoisotopic (exact) mass is 281 g/mol. The van der Waals surface area contributed by atoms with Gasteiger partial charge in [0.15, 0.2) is 0 Å². The maximum Gasteiger partial charge on any atom is 0.310 e. The SMILES string of the molecule is Nc1ccc(CC(=O)OCc2cn3ccccc3n2)cc1. The van der Waals surface area contributed by atoms with E-state index in [4.69, 9.17) is 10.5 Å². The molecule has 0 saturated heterocycles. The molecule has 0 aliphatic heterocycles. The first-order valence-electron chi connectivity index (χ1n) is 6.63. The van der Waals surface area contributed by atoms with Crippen LogP contribution < -0.4 is 5.73 Å². The van der Waals surface area contributed by atoms with Crippen molar-refractivity contribution < 1.29 is 9.53 Å². The van der Waals surface area contributed by atoms with Crippen molar-refractivity contribution in [3.8, 4) is 0 Å². The number of rotatable bonds is 4. The van der Waals surface area contributed by atoms with E-state index < -0.39 is 0 Å². The van der Waals surface area contributed by atoms with Crippen molar-refractivity contribution in [2.24, 2.45) is 0 Å². The first-order valence-corrected chi connectivity index (χ1v) is 6.63. The Bertz CT molecular complexity index is 730. The predicted molar refractivity (Wildman–Crippen MR) is 79.5 cm³/mol. The second-order valence-corrected chi connectivity index (χ2v) is 4.78. The lowest BCUT2D eigenvalue weighted by molar-refractivity contribution is -0.144. The van der Waals surface area contributed by atoms with Crippen molar-refractivity contribution in [1.82, 2.24) is 9.38 Å². The number of benzene rings is 1. The first-order chi connectivity index (χ1) is 10.2. The molecule has 106 valence electrons. The predicted octanol–water partition coefficient (Wildman–Crippen LogP) is 2.20. The molecule has 0 fully saturated rings. The Hall–Kier alpha value is -2.82. The van der Waals surface area contributed by atoms with Gasteiger partial charge in [0.2, 0.25) is 0 Å². The van der Waals surface area contributed by atoms with E-state index in [2.05, 4.69) is 4.98 Å². The van der Waals surface area contributed by atoms with Gasteiger partial charge in [0.25, 0.3) is 0 Å². The van der Waals surface area contributed by atoms with Gasteiger partial charge in [0.05, 0.1) is 12.1 Å². The molecule has 0 atom stereocenters. The molecular weight excluding hydrogens is 266 g/mol. The number of nitrogen functional groups attached to an aromatic ring is 1. The van der Waals surface area contributed by atoms with E-state index in [1.165, 1.54) is 0 Å². The molecule has 0 saturated carbocycles. The fourth-order valence-corrected chi connectivity index (χ4v) is 2.06. The molecule has 0 aliphatic rings. The molecule has 1 aromatic carbocycles. The minimum absolute atomic E-state index is 0.176. The van der Waals surface area contributed by atoms with E-state index in [0.29, 0.717) is 5.69 Å². The molecule has 0 amide bonds. The van der Waals surface area contributed by atoms with Crippen LogP contribution in [0.5, 0.6) is 0 Å². The first kappa shape index (κ1) is 13.2. The van der Waals surface area contributed by atoms with Crippen LogP contribution in [0.4, 0.5) is 5.69 Å². The molecule has 21 heavy (non-hydrogen) atoms. The molecule has 5 nitrogen and oxygen atoms in total. The topological polar surface area (TPSA) is 69.6 Å². The summed E-state index contributed by atoms with van der Waals surface area (Å²) in [7, 11) is 0. The highest BCUT2D eigenvalue weighted by atomic mass is 16.5. The van der Waals surface area contributed by atoms with Crippen molar-refractivity contribution in [3.63, 3.8) is 0 Å². The van der Waals surface area contributed by atoms with Gasteiger partial charge < -0.3 is 14.9 Å². The molecule has 3 rings (SSSR count). The lowest BCUT2D eigenvalue weighted by atomic mass is 10.1. The van der Waals surface area contributed by atoms with Gasteiger partial charge >= 0.3 is 5.97 Å². The third kappa shape index (κ3) is 3.20. The Morgan fingerprint density at radius 1 is 1.19 bits per heavy atom. The van der Waals surface area contributed by atoms with Crippen LogP contribution in [0.1, 0.15) is 11.3 Å². The van der Waals surface area contributed by atoms with E-state index in [1.54, 1.807) is 12.1 Å². The standard InChI is InChI=1S/C16H15N3O2/c17-13-6-4-12(5-7-13)9-16(20)21-11-14-10-19-8-2-1-3-15(19)18-14/h1-8,10H,9,11,17H2. The summed E-state index contributed by atoms with van der Waals surface area (Å²) in [4.78, 5) is 16.2. The maximum atomic E-state index is 11.8. The average molecular weight is 281 g/mol. The Morgan fingerprint density at radius 3 is 2.76 bits per heavy atom. The lowest BCUT2D eigenvalue weighted by Gasteiger charge is -2.03. The highest BCUT2D eigenvalue weighted by Crippen LogP contribution is 2.09. The average Bonchev–Trinajstić information content (AvgIpc) is 2.90. The van der Waals surface area contributed by atoms with E-state index in [0.717, 1.165) is 16.9 Å². The summed E-state index contributed by atoms with van der Waals surface area (Å²) >= 11 is 0. The zero-order valence-electron chi connectivity index (χ0n) is 11.4. The summed E-state index contributed by atoms with van der Waals surface area (Å²) in [6.07, 6.45) is 3.99. The maximum absolute atomic E-state index is 11.8. The summed E-state index contributed by atoms with van der Waals surface area (Å²) in [6.45, 7) is 0.176. The number of nitrogens with two attached hydrogens (primary N) is 1. The van der Waals surface area contributed by atoms with Gasteiger partial charge in [0, 0.05) is 18.1 Å². The number of carbonyl (C=O) groups excluding carboxylic acids is 1. The molecule has 0 aliphatic carbocycles. The van der Waals surface area contributed by atoms with E-state index in [9.17, 15) is 4.79 Å². The molecule has 3 aromatic rings. The molecule has 2 heterocycles. The number of esters is 1. The van der Waals surface area contributed by atoms with Crippen LogP contribution in [0, 0.1) is 0 Å². The lowest BCUT2D eigenvalue weighted by Crippen LogP contribution is -2.08. The summed E-state index contributed by atoms with van der Waals surface area (Å²) in [5, 5.41) is 0.